The van der Waals surface area contributed by atoms with Crippen molar-refractivity contribution in [2.75, 3.05) is 77.6 Å². The highest BCUT2D eigenvalue weighted by Crippen LogP contribution is 2.40. The monoisotopic (exact) mass is 620 g/mol. The zero-order chi connectivity index (χ0) is 29.6. The molecule has 0 saturated carbocycles. The number of aldehydes is 1. The van der Waals surface area contributed by atoms with Crippen LogP contribution in [0.1, 0.15) is 19.4 Å². The Hall–Kier alpha value is -1.95. The maximum atomic E-state index is 11.2. The van der Waals surface area contributed by atoms with Crippen molar-refractivity contribution in [3.8, 4) is 5.88 Å². The summed E-state index contributed by atoms with van der Waals surface area (Å²) >= 11 is 19.5. The molecule has 0 aromatic carbocycles. The number of aromatic nitrogens is 1. The molecule has 1 heterocycles. The summed E-state index contributed by atoms with van der Waals surface area (Å²) in [5.41, 5.74) is 1.57. The van der Waals surface area contributed by atoms with Crippen molar-refractivity contribution < 1.29 is 33.2 Å². The molecule has 0 saturated heterocycles. The second-order valence-corrected chi connectivity index (χ2v) is 9.07. The SMILES string of the molecule is C=C/C=C\C(Cl)=C(/Cl)N(/C(C)=C\C=O)c1c(Cl)cnc(OCCOCCOCCOCCOCCOCC)c1C. The molecule has 0 unspecified atom stereocenters. The van der Waals surface area contributed by atoms with Crippen LogP contribution in [0.15, 0.2) is 53.0 Å². The predicted octanol–water partition coefficient (Wildman–Crippen LogP) is 5.82. The van der Waals surface area contributed by atoms with E-state index in [1.54, 1.807) is 37.0 Å². The van der Waals surface area contributed by atoms with Crippen LogP contribution in [-0.2, 0) is 28.5 Å². The lowest BCUT2D eigenvalue weighted by Gasteiger charge is -2.28. The van der Waals surface area contributed by atoms with E-state index < -0.39 is 0 Å². The van der Waals surface area contributed by atoms with Crippen LogP contribution in [-0.4, -0.2) is 83.9 Å². The van der Waals surface area contributed by atoms with Crippen molar-refractivity contribution in [3.05, 3.63) is 63.6 Å². The molecule has 0 atom stereocenters. The molecule has 40 heavy (non-hydrogen) atoms. The molecule has 0 spiro atoms. The fraction of sp³-hybridized carbons (Fsp3) is 0.500. The lowest BCUT2D eigenvalue weighted by molar-refractivity contribution is -0.104. The molecule has 0 fully saturated rings. The van der Waals surface area contributed by atoms with Gasteiger partial charge in [-0.05, 0) is 32.9 Å². The number of carbonyl (C=O) groups is 1. The fourth-order valence-corrected chi connectivity index (χ4v) is 3.84. The third-order valence-corrected chi connectivity index (χ3v) is 6.06. The number of nitrogens with zero attached hydrogens (tertiary/aromatic N) is 2. The topological polar surface area (TPSA) is 88.6 Å². The van der Waals surface area contributed by atoms with E-state index in [0.717, 1.165) is 0 Å². The van der Waals surface area contributed by atoms with Crippen LogP contribution in [0, 0.1) is 6.92 Å². The van der Waals surface area contributed by atoms with Gasteiger partial charge in [-0.15, -0.1) is 0 Å². The van der Waals surface area contributed by atoms with E-state index in [0.29, 0.717) is 100 Å². The smallest absolute Gasteiger partial charge is 0.218 e. The summed E-state index contributed by atoms with van der Waals surface area (Å²) in [6.07, 6.45) is 8.23. The van der Waals surface area contributed by atoms with Crippen molar-refractivity contribution in [1.82, 2.24) is 4.98 Å². The minimum atomic E-state index is 0.136. The zero-order valence-electron chi connectivity index (χ0n) is 23.3. The molecular formula is C28H39Cl3N2O7. The van der Waals surface area contributed by atoms with Crippen molar-refractivity contribution in [2.24, 2.45) is 0 Å². The van der Waals surface area contributed by atoms with Crippen LogP contribution in [0.2, 0.25) is 5.02 Å². The van der Waals surface area contributed by atoms with E-state index in [4.69, 9.17) is 63.2 Å². The van der Waals surface area contributed by atoms with Gasteiger partial charge in [0, 0.05) is 17.9 Å². The maximum Gasteiger partial charge on any atom is 0.218 e. The molecule has 0 aliphatic rings. The average molecular weight is 622 g/mol. The van der Waals surface area contributed by atoms with Gasteiger partial charge in [0.25, 0.3) is 0 Å². The van der Waals surface area contributed by atoms with Gasteiger partial charge in [-0.2, -0.15) is 0 Å². The zero-order valence-corrected chi connectivity index (χ0v) is 25.6. The Morgan fingerprint density at radius 2 is 1.48 bits per heavy atom. The maximum absolute atomic E-state index is 11.2. The van der Waals surface area contributed by atoms with Crippen LogP contribution in [0.3, 0.4) is 0 Å². The molecule has 0 radical (unpaired) electrons. The first kappa shape index (κ1) is 36.1. The number of hydrogen-bond donors (Lipinski definition) is 0. The van der Waals surface area contributed by atoms with E-state index in [-0.39, 0.29) is 16.8 Å². The first-order valence-electron chi connectivity index (χ1n) is 12.8. The van der Waals surface area contributed by atoms with Crippen LogP contribution >= 0.6 is 34.8 Å². The fourth-order valence-electron chi connectivity index (χ4n) is 3.13. The van der Waals surface area contributed by atoms with Gasteiger partial charge in [-0.25, -0.2) is 4.98 Å². The molecule has 9 nitrogen and oxygen atoms in total. The number of anilines is 1. The standard InChI is InChI=1S/C28H39Cl3N2O7/c1-5-7-8-24(29)27(31)33(22(3)9-10-34)26-23(4)28(32-21-25(26)30)40-20-19-39-18-17-38-16-15-37-14-13-36-12-11-35-6-2/h5,7-10,21H,1,6,11-20H2,2-4H3/b8-7-,22-9-,27-24-. The predicted molar refractivity (Wildman–Crippen MR) is 160 cm³/mol. The molecule has 1 aromatic heterocycles. The van der Waals surface area contributed by atoms with Gasteiger partial charge in [-0.3, -0.25) is 4.79 Å². The number of rotatable bonds is 23. The van der Waals surface area contributed by atoms with Crippen molar-refractivity contribution >= 4 is 46.8 Å². The van der Waals surface area contributed by atoms with E-state index in [1.807, 2.05) is 6.92 Å². The summed E-state index contributed by atoms with van der Waals surface area (Å²) in [6.45, 7) is 14.3. The number of hydrogen-bond acceptors (Lipinski definition) is 9. The van der Waals surface area contributed by atoms with Crippen LogP contribution < -0.4 is 9.64 Å². The van der Waals surface area contributed by atoms with Gasteiger partial charge in [0.05, 0.1) is 81.4 Å². The van der Waals surface area contributed by atoms with Crippen molar-refractivity contribution in [3.63, 3.8) is 0 Å². The van der Waals surface area contributed by atoms with Gasteiger partial charge < -0.3 is 33.3 Å². The molecule has 1 rings (SSSR count). The van der Waals surface area contributed by atoms with Crippen LogP contribution in [0.5, 0.6) is 5.88 Å². The second-order valence-electron chi connectivity index (χ2n) is 7.89. The summed E-state index contributed by atoms with van der Waals surface area (Å²) in [5, 5.41) is 0.655. The third kappa shape index (κ3) is 14.1. The minimum absolute atomic E-state index is 0.136. The highest BCUT2D eigenvalue weighted by molar-refractivity contribution is 6.42. The minimum Gasteiger partial charge on any atom is -0.475 e. The normalized spacial score (nSPS) is 12.5. The van der Waals surface area contributed by atoms with Crippen LogP contribution in [0.25, 0.3) is 0 Å². The van der Waals surface area contributed by atoms with Crippen molar-refractivity contribution in [1.29, 1.82) is 0 Å². The Morgan fingerprint density at radius 1 is 0.950 bits per heavy atom. The Kier molecular flexibility index (Phi) is 20.5. The Labute approximate surface area is 252 Å². The highest BCUT2D eigenvalue weighted by Gasteiger charge is 2.23. The summed E-state index contributed by atoms with van der Waals surface area (Å²) in [7, 11) is 0. The molecule has 1 aromatic rings. The molecule has 0 aliphatic carbocycles. The first-order valence-corrected chi connectivity index (χ1v) is 14.0. The lowest BCUT2D eigenvalue weighted by Crippen LogP contribution is -2.21. The lowest BCUT2D eigenvalue weighted by atomic mass is 10.2. The average Bonchev–Trinajstić information content (AvgIpc) is 2.94. The highest BCUT2D eigenvalue weighted by atomic mass is 35.5. The van der Waals surface area contributed by atoms with Crippen LogP contribution in [0.4, 0.5) is 5.69 Å². The molecule has 12 heteroatoms. The summed E-state index contributed by atoms with van der Waals surface area (Å²) in [4.78, 5) is 17.0. The van der Waals surface area contributed by atoms with E-state index >= 15 is 0 Å². The molecule has 0 bridgehead atoms. The number of ether oxygens (including phenoxy) is 6. The van der Waals surface area contributed by atoms with E-state index in [9.17, 15) is 4.79 Å². The Morgan fingerprint density at radius 3 is 1.98 bits per heavy atom. The molecule has 0 N–H and O–H groups in total. The number of carbonyl (C=O) groups excluding carboxylic acids is 1. The molecular weight excluding hydrogens is 583 g/mol. The molecule has 224 valence electrons. The molecule has 0 amide bonds. The largest absolute Gasteiger partial charge is 0.475 e. The number of halogens is 3. The third-order valence-electron chi connectivity index (χ3n) is 5.01. The Bertz CT molecular complexity index is 987. The Balaban J connectivity index is 2.54. The van der Waals surface area contributed by atoms with Gasteiger partial charge in [0.1, 0.15) is 18.0 Å². The summed E-state index contributed by atoms with van der Waals surface area (Å²) in [6, 6.07) is 0. The first-order chi connectivity index (χ1) is 19.4. The van der Waals surface area contributed by atoms with E-state index in [2.05, 4.69) is 11.6 Å². The summed E-state index contributed by atoms with van der Waals surface area (Å²) in [5.74, 6) is 0.337. The van der Waals surface area contributed by atoms with Gasteiger partial charge in [0.15, 0.2) is 0 Å². The number of pyridine rings is 1. The van der Waals surface area contributed by atoms with Crippen molar-refractivity contribution in [2.45, 2.75) is 20.8 Å². The quantitative estimate of drug-likeness (QED) is 0.0493. The number of allylic oxidation sites excluding steroid dienone is 6. The van der Waals surface area contributed by atoms with Gasteiger partial charge in [0.2, 0.25) is 5.88 Å². The summed E-state index contributed by atoms with van der Waals surface area (Å²) < 4.78 is 32.9. The molecule has 0 aliphatic heterocycles. The second kappa shape index (κ2) is 22.7. The van der Waals surface area contributed by atoms with Gasteiger partial charge in [-0.1, -0.05) is 53.5 Å². The van der Waals surface area contributed by atoms with E-state index in [1.165, 1.54) is 12.3 Å². The van der Waals surface area contributed by atoms with Gasteiger partial charge >= 0.3 is 0 Å².